The lowest BCUT2D eigenvalue weighted by atomic mass is 9.88. The Balaban J connectivity index is 1.34. The summed E-state index contributed by atoms with van der Waals surface area (Å²) in [5.74, 6) is 1.58. The van der Waals surface area contributed by atoms with Crippen LogP contribution in [-0.2, 0) is 6.54 Å². The summed E-state index contributed by atoms with van der Waals surface area (Å²) in [6.45, 7) is 4.46. The zero-order valence-corrected chi connectivity index (χ0v) is 14.8. The van der Waals surface area contributed by atoms with Gasteiger partial charge in [0.05, 0.1) is 13.3 Å². The molecule has 2 aliphatic rings. The molecule has 3 unspecified atom stereocenters. The van der Waals surface area contributed by atoms with Crippen LogP contribution in [0.25, 0.3) is 0 Å². The molecule has 2 heterocycles. The van der Waals surface area contributed by atoms with Crippen LogP contribution >= 0.6 is 0 Å². The molecule has 3 atom stereocenters. The fraction of sp³-hybridized carbons (Fsp3) is 0.429. The second-order valence-electron chi connectivity index (χ2n) is 7.16. The summed E-state index contributed by atoms with van der Waals surface area (Å²) < 4.78 is 5.26. The van der Waals surface area contributed by atoms with E-state index in [1.54, 1.807) is 7.11 Å². The van der Waals surface area contributed by atoms with Gasteiger partial charge in [0.1, 0.15) is 5.75 Å². The third kappa shape index (κ3) is 3.87. The standard InChI is InChI=1S/C21H27N3O/c1-25-19-9-7-17(8-10-19)21-22-13-18-15-24(12-11-20(18)23-21)14-16-5-3-2-4-6-16/h2-10,18,20-23H,11-15H2,1H3. The van der Waals surface area contributed by atoms with Gasteiger partial charge in [0.15, 0.2) is 0 Å². The highest BCUT2D eigenvalue weighted by atomic mass is 16.5. The van der Waals surface area contributed by atoms with Crippen LogP contribution in [0.3, 0.4) is 0 Å². The number of piperidine rings is 1. The number of hydrogen-bond donors (Lipinski definition) is 2. The van der Waals surface area contributed by atoms with Crippen molar-refractivity contribution in [1.29, 1.82) is 0 Å². The third-order valence-electron chi connectivity index (χ3n) is 5.48. The van der Waals surface area contributed by atoms with Gasteiger partial charge in [-0.15, -0.1) is 0 Å². The monoisotopic (exact) mass is 337 g/mol. The van der Waals surface area contributed by atoms with Crippen molar-refractivity contribution in [2.45, 2.75) is 25.2 Å². The molecule has 0 bridgehead atoms. The van der Waals surface area contributed by atoms with E-state index in [9.17, 15) is 0 Å². The molecule has 4 rings (SSSR count). The highest BCUT2D eigenvalue weighted by molar-refractivity contribution is 5.29. The summed E-state index contributed by atoms with van der Waals surface area (Å²) in [6, 6.07) is 19.8. The second-order valence-corrected chi connectivity index (χ2v) is 7.16. The summed E-state index contributed by atoms with van der Waals surface area (Å²) in [6.07, 6.45) is 1.46. The number of methoxy groups -OCH3 is 1. The molecule has 0 saturated carbocycles. The highest BCUT2D eigenvalue weighted by Gasteiger charge is 2.34. The molecular formula is C21H27N3O. The molecule has 2 aliphatic heterocycles. The predicted octanol–water partition coefficient (Wildman–Crippen LogP) is 2.78. The minimum absolute atomic E-state index is 0.243. The van der Waals surface area contributed by atoms with Crippen molar-refractivity contribution in [2.75, 3.05) is 26.7 Å². The molecule has 2 N–H and O–H groups in total. The van der Waals surface area contributed by atoms with Crippen LogP contribution in [-0.4, -0.2) is 37.7 Å². The lowest BCUT2D eigenvalue weighted by molar-refractivity contribution is 0.0930. The molecule has 2 saturated heterocycles. The number of rotatable bonds is 4. The maximum Gasteiger partial charge on any atom is 0.118 e. The number of ether oxygens (including phenoxy) is 1. The van der Waals surface area contributed by atoms with E-state index in [4.69, 9.17) is 4.74 Å². The summed E-state index contributed by atoms with van der Waals surface area (Å²) in [7, 11) is 1.71. The highest BCUT2D eigenvalue weighted by Crippen LogP contribution is 2.26. The van der Waals surface area contributed by atoms with Gasteiger partial charge in [0.2, 0.25) is 0 Å². The fourth-order valence-electron chi connectivity index (χ4n) is 4.07. The van der Waals surface area contributed by atoms with Gasteiger partial charge >= 0.3 is 0 Å². The van der Waals surface area contributed by atoms with Crippen molar-refractivity contribution in [3.8, 4) is 5.75 Å². The van der Waals surface area contributed by atoms with E-state index < -0.39 is 0 Å². The molecule has 0 amide bonds. The van der Waals surface area contributed by atoms with Crippen molar-refractivity contribution < 1.29 is 4.74 Å². The van der Waals surface area contributed by atoms with Crippen LogP contribution in [0.15, 0.2) is 54.6 Å². The second kappa shape index (κ2) is 7.56. The third-order valence-corrected chi connectivity index (χ3v) is 5.48. The fourth-order valence-corrected chi connectivity index (χ4v) is 4.07. The largest absolute Gasteiger partial charge is 0.497 e. The van der Waals surface area contributed by atoms with E-state index in [1.807, 2.05) is 12.1 Å². The molecule has 132 valence electrons. The van der Waals surface area contributed by atoms with Crippen molar-refractivity contribution >= 4 is 0 Å². The molecule has 2 fully saturated rings. The van der Waals surface area contributed by atoms with E-state index >= 15 is 0 Å². The normalized spacial score (nSPS) is 26.8. The maximum absolute atomic E-state index is 5.26. The van der Waals surface area contributed by atoms with Crippen molar-refractivity contribution in [3.05, 3.63) is 65.7 Å². The van der Waals surface area contributed by atoms with E-state index in [0.29, 0.717) is 12.0 Å². The Morgan fingerprint density at radius 1 is 1.08 bits per heavy atom. The Morgan fingerprint density at radius 2 is 1.88 bits per heavy atom. The Labute approximate surface area is 150 Å². The maximum atomic E-state index is 5.26. The number of nitrogens with zero attached hydrogens (tertiary/aromatic N) is 1. The number of likely N-dealkylation sites (tertiary alicyclic amines) is 1. The summed E-state index contributed by atoms with van der Waals surface area (Å²) in [4.78, 5) is 2.59. The molecule has 2 aromatic rings. The number of benzene rings is 2. The smallest absolute Gasteiger partial charge is 0.118 e. The van der Waals surface area contributed by atoms with Gasteiger partial charge < -0.3 is 4.74 Å². The van der Waals surface area contributed by atoms with E-state index in [0.717, 1.165) is 25.4 Å². The average molecular weight is 337 g/mol. The minimum atomic E-state index is 0.243. The lowest BCUT2D eigenvalue weighted by Gasteiger charge is -2.45. The number of hydrogen-bond acceptors (Lipinski definition) is 4. The molecular weight excluding hydrogens is 310 g/mol. The number of nitrogens with one attached hydrogen (secondary N) is 2. The van der Waals surface area contributed by atoms with Crippen molar-refractivity contribution in [3.63, 3.8) is 0 Å². The average Bonchev–Trinajstić information content (AvgIpc) is 2.68. The zero-order valence-electron chi connectivity index (χ0n) is 14.8. The Bertz CT molecular complexity index is 673. The van der Waals surface area contributed by atoms with Gasteiger partial charge in [-0.25, -0.2) is 0 Å². The summed E-state index contributed by atoms with van der Waals surface area (Å²) in [5.41, 5.74) is 2.69. The molecule has 4 nitrogen and oxygen atoms in total. The first kappa shape index (κ1) is 16.6. The van der Waals surface area contributed by atoms with E-state index in [1.165, 1.54) is 24.1 Å². The topological polar surface area (TPSA) is 36.5 Å². The molecule has 0 aromatic heterocycles. The first-order valence-corrected chi connectivity index (χ1v) is 9.21. The molecule has 0 radical (unpaired) electrons. The minimum Gasteiger partial charge on any atom is -0.497 e. The van der Waals surface area contributed by atoms with E-state index in [-0.39, 0.29) is 6.17 Å². The Morgan fingerprint density at radius 3 is 2.64 bits per heavy atom. The molecule has 4 heteroatoms. The SMILES string of the molecule is COc1ccc(C2NCC3CN(Cc4ccccc4)CCC3N2)cc1. The Kier molecular flexibility index (Phi) is 5.02. The zero-order chi connectivity index (χ0) is 17.1. The van der Waals surface area contributed by atoms with Gasteiger partial charge in [-0.3, -0.25) is 15.5 Å². The van der Waals surface area contributed by atoms with Gasteiger partial charge in [0.25, 0.3) is 0 Å². The summed E-state index contributed by atoms with van der Waals surface area (Å²) >= 11 is 0. The molecule has 0 aliphatic carbocycles. The lowest BCUT2D eigenvalue weighted by Crippen LogP contribution is -2.59. The molecule has 25 heavy (non-hydrogen) atoms. The van der Waals surface area contributed by atoms with Gasteiger partial charge in [-0.2, -0.15) is 0 Å². The first-order chi connectivity index (χ1) is 12.3. The molecule has 2 aromatic carbocycles. The summed E-state index contributed by atoms with van der Waals surface area (Å²) in [5, 5.41) is 7.49. The van der Waals surface area contributed by atoms with Crippen LogP contribution in [0.1, 0.15) is 23.7 Å². The van der Waals surface area contributed by atoms with Crippen molar-refractivity contribution in [1.82, 2.24) is 15.5 Å². The predicted molar refractivity (Wildman–Crippen MR) is 100 cm³/mol. The van der Waals surface area contributed by atoms with Crippen LogP contribution in [0.2, 0.25) is 0 Å². The van der Waals surface area contributed by atoms with Crippen LogP contribution in [0.4, 0.5) is 0 Å². The number of fused-ring (bicyclic) bond motifs is 1. The Hall–Kier alpha value is -1.88. The quantitative estimate of drug-likeness (QED) is 0.899. The van der Waals surface area contributed by atoms with Gasteiger partial charge in [-0.05, 0) is 42.1 Å². The van der Waals surface area contributed by atoms with Crippen LogP contribution in [0, 0.1) is 5.92 Å². The van der Waals surface area contributed by atoms with Crippen molar-refractivity contribution in [2.24, 2.45) is 5.92 Å². The molecule has 0 spiro atoms. The van der Waals surface area contributed by atoms with Gasteiger partial charge in [0, 0.05) is 25.7 Å². The van der Waals surface area contributed by atoms with Gasteiger partial charge in [-0.1, -0.05) is 42.5 Å². The van der Waals surface area contributed by atoms with Crippen LogP contribution in [0.5, 0.6) is 5.75 Å². The first-order valence-electron chi connectivity index (χ1n) is 9.21. The van der Waals surface area contributed by atoms with Crippen LogP contribution < -0.4 is 15.4 Å². The van der Waals surface area contributed by atoms with E-state index in [2.05, 4.69) is 58.0 Å².